The molecule has 14 heavy (non-hydrogen) atoms. The molecule has 84 valence electrons. The van der Waals surface area contributed by atoms with Crippen LogP contribution in [-0.2, 0) is 0 Å². The van der Waals surface area contributed by atoms with Crippen LogP contribution in [0, 0.1) is 0 Å². The fourth-order valence-electron chi connectivity index (χ4n) is 1.90. The van der Waals surface area contributed by atoms with Gasteiger partial charge in [0.2, 0.25) is 0 Å². The van der Waals surface area contributed by atoms with E-state index in [1.165, 1.54) is 26.2 Å². The summed E-state index contributed by atoms with van der Waals surface area (Å²) in [5.74, 6) is 0. The normalized spacial score (nSPS) is 22.7. The van der Waals surface area contributed by atoms with Gasteiger partial charge < -0.3 is 0 Å². The summed E-state index contributed by atoms with van der Waals surface area (Å²) < 4.78 is 5.67. The molecule has 0 aliphatic carbocycles. The maximum absolute atomic E-state index is 2.83. The summed E-state index contributed by atoms with van der Waals surface area (Å²) in [6.07, 6.45) is 1.41. The van der Waals surface area contributed by atoms with Crippen molar-refractivity contribution in [3.8, 4) is 0 Å². The van der Waals surface area contributed by atoms with Crippen molar-refractivity contribution in [1.82, 2.24) is 6.24 Å². The molecule has 0 saturated carbocycles. The van der Waals surface area contributed by atoms with Crippen LogP contribution < -0.4 is 0 Å². The van der Waals surface area contributed by atoms with E-state index in [9.17, 15) is 0 Å². The molecule has 0 unspecified atom stereocenters. The Kier molecular flexibility index (Phi) is 4.65. The molecule has 1 saturated heterocycles. The third-order valence-electron chi connectivity index (χ3n) is 3.09. The molecule has 0 bridgehead atoms. The average Bonchev–Trinajstić information content (AvgIpc) is 2.01. The zero-order valence-corrected chi connectivity index (χ0v) is 16.4. The third kappa shape index (κ3) is 3.83. The SMILES string of the molecule is [CH3][Sn]([CH3])([CH3])[N]1CCC[N]([Sn]([CH3])([CH3])[CH3])C1. The van der Waals surface area contributed by atoms with Crippen molar-refractivity contribution in [1.29, 1.82) is 0 Å². The molecule has 0 amide bonds. The quantitative estimate of drug-likeness (QED) is 0.645. The molecule has 0 aromatic heterocycles. The van der Waals surface area contributed by atoms with Gasteiger partial charge in [-0.1, -0.05) is 0 Å². The summed E-state index contributed by atoms with van der Waals surface area (Å²) in [4.78, 5) is 15.2. The fourth-order valence-corrected chi connectivity index (χ4v) is 11.2. The Bertz CT molecular complexity index is 173. The van der Waals surface area contributed by atoms with E-state index in [-0.39, 0.29) is 0 Å². The van der Waals surface area contributed by atoms with Crippen LogP contribution in [0.3, 0.4) is 0 Å². The first-order valence-electron chi connectivity index (χ1n) is 5.71. The van der Waals surface area contributed by atoms with Crippen molar-refractivity contribution < 1.29 is 0 Å². The number of nitrogens with zero attached hydrogens (tertiary/aromatic N) is 2. The van der Waals surface area contributed by atoms with Gasteiger partial charge >= 0.3 is 99.4 Å². The average molecular weight is 412 g/mol. The van der Waals surface area contributed by atoms with Crippen molar-refractivity contribution in [2.45, 2.75) is 36.1 Å². The first-order valence-corrected chi connectivity index (χ1v) is 25.4. The van der Waals surface area contributed by atoms with Gasteiger partial charge in [0.25, 0.3) is 0 Å². The van der Waals surface area contributed by atoms with Gasteiger partial charge in [0.15, 0.2) is 0 Å². The van der Waals surface area contributed by atoms with Gasteiger partial charge in [-0.25, -0.2) is 0 Å². The second-order valence-electron chi connectivity index (χ2n) is 6.36. The van der Waals surface area contributed by atoms with E-state index in [0.717, 1.165) is 0 Å². The van der Waals surface area contributed by atoms with Gasteiger partial charge in [0, 0.05) is 0 Å². The minimum absolute atomic E-state index is 1.30. The summed E-state index contributed by atoms with van der Waals surface area (Å²) in [5, 5.41) is 0. The molecular formula is C10H26N2Sn2. The van der Waals surface area contributed by atoms with Crippen LogP contribution in [0.25, 0.3) is 0 Å². The van der Waals surface area contributed by atoms with Crippen LogP contribution >= 0.6 is 0 Å². The van der Waals surface area contributed by atoms with Gasteiger partial charge in [-0.05, 0) is 0 Å². The van der Waals surface area contributed by atoms with Crippen LogP contribution in [-0.4, -0.2) is 63.3 Å². The summed E-state index contributed by atoms with van der Waals surface area (Å²) in [6.45, 7) is 4.05. The Morgan fingerprint density at radius 2 is 1.07 bits per heavy atom. The van der Waals surface area contributed by atoms with E-state index in [2.05, 4.69) is 35.9 Å². The minimum atomic E-state index is -1.77. The van der Waals surface area contributed by atoms with Crippen molar-refractivity contribution in [2.24, 2.45) is 0 Å². The molecule has 1 rings (SSSR count). The molecule has 0 N–H and O–H groups in total. The Morgan fingerprint density at radius 3 is 1.36 bits per heavy atom. The molecule has 1 heterocycles. The standard InChI is InChI=1S/C4H8N2.6CH3.2Sn/c1-2-5-4-6-3-1;;;;;;;;/h1-4H2;6*1H3;;/q-2;;;;;;;2*+1. The van der Waals surface area contributed by atoms with E-state index in [4.69, 9.17) is 0 Å². The van der Waals surface area contributed by atoms with Crippen LogP contribution in [0.4, 0.5) is 0 Å². The Morgan fingerprint density at radius 1 is 0.714 bits per heavy atom. The van der Waals surface area contributed by atoms with Crippen LogP contribution in [0.2, 0.25) is 29.6 Å². The Hall–Kier alpha value is 1.52. The van der Waals surface area contributed by atoms with Crippen LogP contribution in [0.15, 0.2) is 0 Å². The molecule has 0 atom stereocenters. The molecule has 2 nitrogen and oxygen atoms in total. The van der Waals surface area contributed by atoms with Gasteiger partial charge in [0.1, 0.15) is 0 Å². The second-order valence-corrected chi connectivity index (χ2v) is 34.8. The zero-order valence-electron chi connectivity index (χ0n) is 10.7. The number of hydrogen-bond acceptors (Lipinski definition) is 2. The summed E-state index contributed by atoms with van der Waals surface area (Å²) >= 11 is -3.53. The number of rotatable bonds is 2. The molecule has 4 heteroatoms. The van der Waals surface area contributed by atoms with E-state index in [1.54, 1.807) is 0 Å². The summed E-state index contributed by atoms with van der Waals surface area (Å²) in [7, 11) is 0. The van der Waals surface area contributed by atoms with Crippen LogP contribution in [0.5, 0.6) is 0 Å². The van der Waals surface area contributed by atoms with E-state index < -0.39 is 37.3 Å². The molecule has 0 aromatic carbocycles. The molecule has 0 radical (unpaired) electrons. The fraction of sp³-hybridized carbons (Fsp3) is 1.00. The van der Waals surface area contributed by atoms with Gasteiger partial charge in [-0.2, -0.15) is 0 Å². The first-order chi connectivity index (χ1) is 6.21. The maximum atomic E-state index is 2.83. The van der Waals surface area contributed by atoms with Crippen molar-refractivity contribution >= 4 is 37.3 Å². The molecule has 0 spiro atoms. The Labute approximate surface area is 98.5 Å². The number of hydrogen-bond donors (Lipinski definition) is 0. The first kappa shape index (κ1) is 13.6. The predicted octanol–water partition coefficient (Wildman–Crippen LogP) is 2.62. The van der Waals surface area contributed by atoms with Crippen LogP contribution in [0.1, 0.15) is 6.42 Å². The molecular weight excluding hydrogens is 386 g/mol. The zero-order chi connectivity index (χ0) is 11.0. The molecule has 1 aliphatic heterocycles. The Balaban J connectivity index is 2.61. The van der Waals surface area contributed by atoms with Crippen molar-refractivity contribution in [3.63, 3.8) is 0 Å². The summed E-state index contributed by atoms with van der Waals surface area (Å²) in [5.41, 5.74) is 0. The second kappa shape index (κ2) is 4.80. The van der Waals surface area contributed by atoms with E-state index in [0.29, 0.717) is 0 Å². The molecule has 1 fully saturated rings. The van der Waals surface area contributed by atoms with Gasteiger partial charge in [0.05, 0.1) is 0 Å². The van der Waals surface area contributed by atoms with Gasteiger partial charge in [-0.3, -0.25) is 0 Å². The van der Waals surface area contributed by atoms with Crippen molar-refractivity contribution in [3.05, 3.63) is 0 Å². The molecule has 0 aromatic rings. The predicted molar refractivity (Wildman–Crippen MR) is 69.6 cm³/mol. The topological polar surface area (TPSA) is 6.48 Å². The van der Waals surface area contributed by atoms with Gasteiger partial charge in [-0.15, -0.1) is 0 Å². The monoisotopic (exact) mass is 414 g/mol. The van der Waals surface area contributed by atoms with Crippen molar-refractivity contribution in [2.75, 3.05) is 19.8 Å². The van der Waals surface area contributed by atoms with E-state index in [1.807, 2.05) is 0 Å². The summed E-state index contributed by atoms with van der Waals surface area (Å²) in [6, 6.07) is 0. The molecule has 1 aliphatic rings. The third-order valence-corrected chi connectivity index (χ3v) is 16.0. The van der Waals surface area contributed by atoms with E-state index >= 15 is 0 Å².